The van der Waals surface area contributed by atoms with Crippen LogP contribution in [-0.2, 0) is 43.2 Å². The summed E-state index contributed by atoms with van der Waals surface area (Å²) in [5.41, 5.74) is 10.2. The molecule has 1 amide bonds. The van der Waals surface area contributed by atoms with Crippen LogP contribution < -0.4 is 24.3 Å². The second-order valence-electron chi connectivity index (χ2n) is 18.6. The Morgan fingerprint density at radius 3 is 2.34 bits per heavy atom. The molecular formula is C55H58N4O11S. The van der Waals surface area contributed by atoms with Crippen LogP contribution in [0.3, 0.4) is 0 Å². The van der Waals surface area contributed by atoms with Gasteiger partial charge in [0, 0.05) is 58.9 Å². The molecule has 1 aliphatic carbocycles. The van der Waals surface area contributed by atoms with Crippen LogP contribution in [0.4, 0.5) is 4.79 Å². The summed E-state index contributed by atoms with van der Waals surface area (Å²) in [6.07, 6.45) is 0.0579. The highest BCUT2D eigenvalue weighted by Crippen LogP contribution is 2.58. The van der Waals surface area contributed by atoms with Crippen LogP contribution in [0.5, 0.6) is 28.7 Å². The van der Waals surface area contributed by atoms with E-state index < -0.39 is 36.2 Å². The molecule has 4 heterocycles. The zero-order valence-electron chi connectivity index (χ0n) is 40.5. The third-order valence-corrected chi connectivity index (χ3v) is 15.8. The number of alkyl carbamates (subject to hydrolysis) is 1. The number of benzene rings is 5. The third-order valence-electron chi connectivity index (χ3n) is 14.7. The standard InChI is InChI=1S/C55H58N4O11S/c1-31-21-34-22-42-44(24-56)59-43(48(58(42)3)46(34)52(50(31)64-5)68-29-65-20-19-63-4)23-39-47(53-51(69-30-70-53)32(2)49(39)60)45(59)26-66-54(61)41(57-55(62)67-25-33-13-7-6-8-14-33)28-71-27-40-37-17-11-9-15-35(37)36-16-10-12-18-38(36)40/h6-18,21,40-45,48,60H,19-20,22-23,25-30H2,1-5H3,(H,57,62)/t41-,42+,43?,44+,45+,48-/m1/s1. The summed E-state index contributed by atoms with van der Waals surface area (Å²) in [6, 6.07) is 27.1. The topological polar surface area (TPSA) is 171 Å². The van der Waals surface area contributed by atoms with Crippen LogP contribution in [0.1, 0.15) is 68.1 Å². The molecule has 71 heavy (non-hydrogen) atoms. The molecule has 6 atom stereocenters. The number of piperazine rings is 1. The molecule has 5 aromatic carbocycles. The van der Waals surface area contributed by atoms with Crippen LogP contribution in [0.25, 0.3) is 11.1 Å². The van der Waals surface area contributed by atoms with E-state index in [0.29, 0.717) is 71.5 Å². The first-order valence-corrected chi connectivity index (χ1v) is 25.1. The van der Waals surface area contributed by atoms with Crippen LogP contribution >= 0.6 is 11.8 Å². The number of aryl methyl sites for hydroxylation is 1. The Hall–Kier alpha value is -6.48. The van der Waals surface area contributed by atoms with Crippen LogP contribution in [-0.4, -0.2) is 117 Å². The van der Waals surface area contributed by atoms with Crippen molar-refractivity contribution >= 4 is 23.8 Å². The molecule has 5 aliphatic rings. The summed E-state index contributed by atoms with van der Waals surface area (Å²) < 4.78 is 47.7. The van der Waals surface area contributed by atoms with Crippen LogP contribution in [0.2, 0.25) is 0 Å². The van der Waals surface area contributed by atoms with Crippen molar-refractivity contribution in [2.75, 3.05) is 66.2 Å². The highest BCUT2D eigenvalue weighted by molar-refractivity contribution is 7.99. The minimum Gasteiger partial charge on any atom is -0.507 e. The predicted molar refractivity (Wildman–Crippen MR) is 265 cm³/mol. The number of likely N-dealkylation sites (N-methyl/N-ethyl adjacent to an activating group) is 1. The van der Waals surface area contributed by atoms with Crippen molar-refractivity contribution in [3.05, 3.63) is 135 Å². The molecule has 0 aromatic heterocycles. The van der Waals surface area contributed by atoms with Crippen molar-refractivity contribution in [1.29, 1.82) is 5.26 Å². The minimum atomic E-state index is -1.11. The molecule has 2 N–H and O–H groups in total. The molecule has 0 saturated carbocycles. The van der Waals surface area contributed by atoms with E-state index in [1.165, 1.54) is 22.3 Å². The number of phenols is 1. The van der Waals surface area contributed by atoms with Crippen molar-refractivity contribution < 1.29 is 52.6 Å². The van der Waals surface area contributed by atoms with Gasteiger partial charge in [-0.05, 0) is 72.7 Å². The fourth-order valence-electron chi connectivity index (χ4n) is 11.5. The van der Waals surface area contributed by atoms with Gasteiger partial charge in [0.1, 0.15) is 31.0 Å². The summed E-state index contributed by atoms with van der Waals surface area (Å²) in [5, 5.41) is 26.2. The lowest BCUT2D eigenvalue weighted by Gasteiger charge is -2.59. The third kappa shape index (κ3) is 8.88. The number of nitrogens with zero attached hydrogens (tertiary/aromatic N) is 3. The van der Waals surface area contributed by atoms with Crippen molar-refractivity contribution in [3.8, 4) is 45.9 Å². The maximum absolute atomic E-state index is 14.8. The number of nitriles is 1. The van der Waals surface area contributed by atoms with E-state index in [0.717, 1.165) is 22.3 Å². The number of phenolic OH excluding ortho intramolecular Hbond substituents is 1. The van der Waals surface area contributed by atoms with Gasteiger partial charge in [-0.15, -0.1) is 0 Å². The van der Waals surface area contributed by atoms with Gasteiger partial charge in [0.15, 0.2) is 29.8 Å². The minimum absolute atomic E-state index is 0.0109. The van der Waals surface area contributed by atoms with Gasteiger partial charge in [-0.1, -0.05) is 84.9 Å². The number of nitrogens with one attached hydrogen (secondary N) is 1. The van der Waals surface area contributed by atoms with Gasteiger partial charge in [-0.25, -0.2) is 9.59 Å². The maximum atomic E-state index is 14.8. The Morgan fingerprint density at radius 1 is 0.901 bits per heavy atom. The van der Waals surface area contributed by atoms with Gasteiger partial charge in [0.25, 0.3) is 0 Å². The first-order chi connectivity index (χ1) is 34.6. The van der Waals surface area contributed by atoms with E-state index in [-0.39, 0.29) is 56.3 Å². The number of thioether (sulfide) groups is 1. The zero-order chi connectivity index (χ0) is 49.3. The van der Waals surface area contributed by atoms with E-state index in [4.69, 9.17) is 37.9 Å². The van der Waals surface area contributed by atoms with E-state index in [1.54, 1.807) is 32.9 Å². The lowest BCUT2D eigenvalue weighted by molar-refractivity contribution is -0.150. The number of hydrogen-bond donors (Lipinski definition) is 2. The second kappa shape index (κ2) is 20.7. The SMILES string of the molecule is COCCOCOc1c(OC)c(C)cc2c1[C@H]1C3Cc4c(O)c(C)c5c(c4[C@H](COC(=O)[C@@H](CSCC4c6ccccc6-c6ccccc64)NC(=O)OCc4ccccc4)N3[C@@H](C#N)[C@H](C2)N1C)OCO5. The predicted octanol–water partition coefficient (Wildman–Crippen LogP) is 7.90. The maximum Gasteiger partial charge on any atom is 0.408 e. The van der Waals surface area contributed by atoms with Gasteiger partial charge in [-0.2, -0.15) is 17.0 Å². The van der Waals surface area contributed by atoms with Crippen molar-refractivity contribution in [2.45, 2.75) is 75.5 Å². The van der Waals surface area contributed by atoms with Crippen LogP contribution in [0, 0.1) is 25.2 Å². The largest absolute Gasteiger partial charge is 0.507 e. The lowest BCUT2D eigenvalue weighted by Crippen LogP contribution is -2.68. The van der Waals surface area contributed by atoms with Gasteiger partial charge in [0.2, 0.25) is 6.79 Å². The van der Waals surface area contributed by atoms with E-state index in [9.17, 15) is 20.0 Å². The van der Waals surface area contributed by atoms with E-state index in [1.807, 2.05) is 68.6 Å². The average Bonchev–Trinajstić information content (AvgIpc) is 4.00. The zero-order valence-corrected chi connectivity index (χ0v) is 41.3. The smallest absolute Gasteiger partial charge is 0.408 e. The van der Waals surface area contributed by atoms with Gasteiger partial charge in [0.05, 0.1) is 38.5 Å². The number of fused-ring (bicyclic) bond motifs is 12. The normalized spacial score (nSPS) is 20.9. The molecular weight excluding hydrogens is 925 g/mol. The number of hydrogen-bond acceptors (Lipinski definition) is 15. The first kappa shape index (κ1) is 48.2. The number of carbonyl (C=O) groups is 2. The molecule has 10 rings (SSSR count). The van der Waals surface area contributed by atoms with Crippen molar-refractivity contribution in [1.82, 2.24) is 15.1 Å². The Labute approximate surface area is 417 Å². The monoisotopic (exact) mass is 982 g/mol. The van der Waals surface area contributed by atoms with Gasteiger partial charge < -0.3 is 48.3 Å². The van der Waals surface area contributed by atoms with Gasteiger partial charge in [-0.3, -0.25) is 9.80 Å². The fraction of sp³-hybridized carbons (Fsp3) is 0.400. The van der Waals surface area contributed by atoms with Crippen molar-refractivity contribution in [2.24, 2.45) is 0 Å². The molecule has 4 aliphatic heterocycles. The van der Waals surface area contributed by atoms with Gasteiger partial charge >= 0.3 is 12.1 Å². The number of carbonyl (C=O) groups excluding carboxylic acids is 2. The molecule has 16 heteroatoms. The number of ether oxygens (including phenoxy) is 8. The highest BCUT2D eigenvalue weighted by atomic mass is 32.2. The average molecular weight is 983 g/mol. The molecule has 5 aromatic rings. The summed E-state index contributed by atoms with van der Waals surface area (Å²) in [7, 11) is 5.24. The molecule has 2 bridgehead atoms. The summed E-state index contributed by atoms with van der Waals surface area (Å²) >= 11 is 1.55. The Morgan fingerprint density at radius 2 is 1.62 bits per heavy atom. The number of esters is 1. The quantitative estimate of drug-likeness (QED) is 0.0523. The second-order valence-corrected chi connectivity index (χ2v) is 19.6. The molecule has 0 spiro atoms. The summed E-state index contributed by atoms with van der Waals surface area (Å²) in [5.74, 6) is 2.24. The molecule has 1 unspecified atom stereocenters. The summed E-state index contributed by atoms with van der Waals surface area (Å²) in [6.45, 7) is 4.14. The first-order valence-electron chi connectivity index (χ1n) is 24.0. The Kier molecular flexibility index (Phi) is 14.0. The fourth-order valence-corrected chi connectivity index (χ4v) is 12.7. The highest BCUT2D eigenvalue weighted by Gasteiger charge is 2.57. The number of rotatable bonds is 17. The Bertz CT molecular complexity index is 2810. The molecule has 0 radical (unpaired) electrons. The Balaban J connectivity index is 0.983. The molecule has 1 fully saturated rings. The lowest BCUT2D eigenvalue weighted by atomic mass is 9.71. The number of amides is 1. The van der Waals surface area contributed by atoms with Crippen molar-refractivity contribution in [3.63, 3.8) is 0 Å². The van der Waals surface area contributed by atoms with E-state index in [2.05, 4.69) is 51.5 Å². The number of aromatic hydroxyl groups is 1. The number of methoxy groups -OCH3 is 2. The molecule has 15 nitrogen and oxygen atoms in total. The van der Waals surface area contributed by atoms with Crippen LogP contribution in [0.15, 0.2) is 84.9 Å². The molecule has 370 valence electrons. The summed E-state index contributed by atoms with van der Waals surface area (Å²) in [4.78, 5) is 32.7. The van der Waals surface area contributed by atoms with E-state index >= 15 is 0 Å². The molecule has 1 saturated heterocycles.